The van der Waals surface area contributed by atoms with E-state index < -0.39 is 18.0 Å². The van der Waals surface area contributed by atoms with Gasteiger partial charge in [-0.15, -0.1) is 5.10 Å². The number of anilines is 1. The topological polar surface area (TPSA) is 75.6 Å². The molecular formula is C24H18F3N5O. The summed E-state index contributed by atoms with van der Waals surface area (Å²) in [5.41, 5.74) is 3.58. The van der Waals surface area contributed by atoms with Crippen LogP contribution in [0.25, 0.3) is 10.9 Å². The lowest BCUT2D eigenvalue weighted by Gasteiger charge is -2.35. The first-order valence-electron chi connectivity index (χ1n) is 10.6. The lowest BCUT2D eigenvalue weighted by atomic mass is 9.78. The average Bonchev–Trinajstić information content (AvgIpc) is 3.42. The molecule has 6 nitrogen and oxygen atoms in total. The number of nitrogens with one attached hydrogen (secondary N) is 2. The molecular weight excluding hydrogens is 431 g/mol. The molecule has 0 amide bonds. The van der Waals surface area contributed by atoms with Crippen molar-refractivity contribution in [3.63, 3.8) is 0 Å². The third-order valence-electron chi connectivity index (χ3n) is 6.36. The Kier molecular flexibility index (Phi) is 4.23. The molecule has 0 saturated carbocycles. The second-order valence-corrected chi connectivity index (χ2v) is 8.35. The predicted octanol–water partition coefficient (Wildman–Crippen LogP) is 5.19. The Morgan fingerprint density at radius 2 is 1.76 bits per heavy atom. The van der Waals surface area contributed by atoms with Crippen LogP contribution in [-0.4, -0.2) is 25.5 Å². The van der Waals surface area contributed by atoms with Gasteiger partial charge >= 0.3 is 6.18 Å². The number of hydrogen-bond donors (Lipinski definition) is 2. The number of nitrogens with zero attached hydrogens (tertiary/aromatic N) is 3. The van der Waals surface area contributed by atoms with Crippen LogP contribution in [0, 0.1) is 0 Å². The summed E-state index contributed by atoms with van der Waals surface area (Å²) in [6.45, 7) is 0. The number of benzene rings is 2. The number of carbonyl (C=O) groups is 1. The molecule has 9 heteroatoms. The number of allylic oxidation sites excluding steroid dienone is 2. The minimum absolute atomic E-state index is 0.0159. The van der Waals surface area contributed by atoms with Crippen LogP contribution in [-0.2, 0) is 11.0 Å². The summed E-state index contributed by atoms with van der Waals surface area (Å²) in [5.74, 6) is -1.42. The number of hydrogen-bond acceptors (Lipinski definition) is 4. The first kappa shape index (κ1) is 19.8. The molecule has 2 aliphatic rings. The van der Waals surface area contributed by atoms with Crippen molar-refractivity contribution in [1.29, 1.82) is 0 Å². The molecule has 1 aliphatic carbocycles. The van der Waals surface area contributed by atoms with Crippen LogP contribution in [0.4, 0.5) is 19.1 Å². The zero-order chi connectivity index (χ0) is 22.7. The molecule has 3 heterocycles. The third kappa shape index (κ3) is 3.14. The number of carbonyl (C=O) groups excluding carboxylic acids is 1. The summed E-state index contributed by atoms with van der Waals surface area (Å²) in [4.78, 5) is 20.4. The number of H-pyrrole nitrogens is 1. The number of aromatic nitrogens is 4. The van der Waals surface area contributed by atoms with Crippen LogP contribution in [0.5, 0.6) is 0 Å². The van der Waals surface area contributed by atoms with E-state index in [2.05, 4.69) is 20.4 Å². The number of fused-ring (bicyclic) bond motifs is 2. The molecule has 2 atom stereocenters. The van der Waals surface area contributed by atoms with Crippen LogP contribution in [0.2, 0.25) is 0 Å². The number of halogens is 3. The highest BCUT2D eigenvalue weighted by atomic mass is 19.4. The van der Waals surface area contributed by atoms with E-state index in [1.54, 1.807) is 6.20 Å². The van der Waals surface area contributed by atoms with Crippen molar-refractivity contribution in [2.75, 3.05) is 5.32 Å². The zero-order valence-corrected chi connectivity index (χ0v) is 17.2. The summed E-state index contributed by atoms with van der Waals surface area (Å²) < 4.78 is 41.6. The molecule has 0 saturated heterocycles. The molecule has 2 aromatic heterocycles. The lowest BCUT2D eigenvalue weighted by molar-refractivity contribution is -0.145. The largest absolute Gasteiger partial charge is 0.453 e. The number of rotatable bonds is 2. The predicted molar refractivity (Wildman–Crippen MR) is 116 cm³/mol. The van der Waals surface area contributed by atoms with Crippen molar-refractivity contribution in [2.24, 2.45) is 0 Å². The molecule has 0 fully saturated rings. The number of ketones is 1. The van der Waals surface area contributed by atoms with E-state index in [0.717, 1.165) is 16.5 Å². The van der Waals surface area contributed by atoms with Gasteiger partial charge in [0.15, 0.2) is 5.78 Å². The first-order valence-corrected chi connectivity index (χ1v) is 10.6. The van der Waals surface area contributed by atoms with E-state index in [0.29, 0.717) is 23.3 Å². The highest BCUT2D eigenvalue weighted by molar-refractivity contribution is 6.01. The third-order valence-corrected chi connectivity index (χ3v) is 6.36. The zero-order valence-electron chi connectivity index (χ0n) is 17.2. The normalized spacial score (nSPS) is 20.5. The van der Waals surface area contributed by atoms with E-state index in [9.17, 15) is 18.0 Å². The average molecular weight is 449 g/mol. The van der Waals surface area contributed by atoms with Gasteiger partial charge in [-0.25, -0.2) is 4.68 Å². The number of para-hydroxylation sites is 1. The van der Waals surface area contributed by atoms with E-state index in [-0.39, 0.29) is 24.1 Å². The maximum Gasteiger partial charge on any atom is 0.453 e. The monoisotopic (exact) mass is 449 g/mol. The summed E-state index contributed by atoms with van der Waals surface area (Å²) in [6.07, 6.45) is -2.19. The second-order valence-electron chi connectivity index (χ2n) is 8.35. The molecule has 0 radical (unpaired) electrons. The minimum atomic E-state index is -4.70. The fourth-order valence-corrected chi connectivity index (χ4v) is 4.90. The number of aromatic amines is 1. The molecule has 2 aromatic carbocycles. The second kappa shape index (κ2) is 7.06. The van der Waals surface area contributed by atoms with Crippen LogP contribution in [0.15, 0.2) is 72.1 Å². The van der Waals surface area contributed by atoms with Crippen molar-refractivity contribution in [3.8, 4) is 0 Å². The molecule has 0 bridgehead atoms. The standard InChI is InChI=1S/C24H18F3N5O/c25-24(26,27)22-30-23-29-18-10-14(13-6-2-1-3-7-13)11-19(33)20(18)21(32(23)31-22)16-12-28-17-9-5-4-8-15(16)17/h1-9,12,14,21,28H,10-11H2,(H,29,30,31)/t14-,21+/m1/s1. The highest BCUT2D eigenvalue weighted by Crippen LogP contribution is 2.46. The van der Waals surface area contributed by atoms with Crippen LogP contribution in [0.3, 0.4) is 0 Å². The van der Waals surface area contributed by atoms with E-state index in [4.69, 9.17) is 0 Å². The van der Waals surface area contributed by atoms with Crippen molar-refractivity contribution in [1.82, 2.24) is 19.7 Å². The van der Waals surface area contributed by atoms with Gasteiger partial charge < -0.3 is 10.3 Å². The maximum atomic E-state index is 13.5. The van der Waals surface area contributed by atoms with Crippen LogP contribution >= 0.6 is 0 Å². The first-order chi connectivity index (χ1) is 15.9. The number of alkyl halides is 3. The van der Waals surface area contributed by atoms with E-state index in [1.807, 2.05) is 54.6 Å². The Balaban J connectivity index is 1.53. The highest BCUT2D eigenvalue weighted by Gasteiger charge is 2.44. The Morgan fingerprint density at radius 1 is 1.00 bits per heavy atom. The Morgan fingerprint density at radius 3 is 2.55 bits per heavy atom. The van der Waals surface area contributed by atoms with Gasteiger partial charge in [0.1, 0.15) is 6.04 Å². The van der Waals surface area contributed by atoms with E-state index >= 15 is 0 Å². The van der Waals surface area contributed by atoms with Gasteiger partial charge in [-0.1, -0.05) is 48.5 Å². The lowest BCUT2D eigenvalue weighted by Crippen LogP contribution is -2.33. The minimum Gasteiger partial charge on any atom is -0.361 e. The van der Waals surface area contributed by atoms with E-state index in [1.165, 1.54) is 4.68 Å². The maximum absolute atomic E-state index is 13.5. The summed E-state index contributed by atoms with van der Waals surface area (Å²) in [5, 5.41) is 7.61. The fraction of sp³-hybridized carbons (Fsp3) is 0.208. The van der Waals surface area contributed by atoms with Crippen molar-refractivity contribution >= 4 is 22.6 Å². The summed E-state index contributed by atoms with van der Waals surface area (Å²) >= 11 is 0. The summed E-state index contributed by atoms with van der Waals surface area (Å²) in [6, 6.07) is 16.4. The van der Waals surface area contributed by atoms with Crippen LogP contribution in [0.1, 0.15) is 41.8 Å². The quantitative estimate of drug-likeness (QED) is 0.442. The molecule has 4 aromatic rings. The van der Waals surface area contributed by atoms with Crippen molar-refractivity contribution in [3.05, 3.63) is 89.0 Å². The van der Waals surface area contributed by atoms with Gasteiger partial charge in [0.25, 0.3) is 5.82 Å². The molecule has 0 unspecified atom stereocenters. The fourth-order valence-electron chi connectivity index (χ4n) is 4.90. The number of Topliss-reactive ketones (excluding diaryl/α,β-unsaturated/α-hetero) is 1. The molecule has 1 aliphatic heterocycles. The molecule has 166 valence electrons. The Hall–Kier alpha value is -3.88. The molecule has 6 rings (SSSR count). The Labute approximate surface area is 186 Å². The molecule has 2 N–H and O–H groups in total. The van der Waals surface area contributed by atoms with Gasteiger partial charge in [0.2, 0.25) is 5.95 Å². The Bertz CT molecular complexity index is 1420. The molecule has 0 spiro atoms. The van der Waals surface area contributed by atoms with Gasteiger partial charge in [0, 0.05) is 40.4 Å². The van der Waals surface area contributed by atoms with Gasteiger partial charge in [-0.05, 0) is 24.0 Å². The SMILES string of the molecule is O=C1C[C@H](c2ccccc2)CC2=C1[C@H](c1c[nH]c3ccccc13)n1nc(C(F)(F)F)nc1N2. The van der Waals surface area contributed by atoms with Crippen molar-refractivity contribution < 1.29 is 18.0 Å². The van der Waals surface area contributed by atoms with Crippen molar-refractivity contribution in [2.45, 2.75) is 31.0 Å². The molecule has 33 heavy (non-hydrogen) atoms. The van der Waals surface area contributed by atoms with Crippen LogP contribution < -0.4 is 5.32 Å². The van der Waals surface area contributed by atoms with Gasteiger partial charge in [-0.3, -0.25) is 4.79 Å². The van der Waals surface area contributed by atoms with Gasteiger partial charge in [0.05, 0.1) is 0 Å². The van der Waals surface area contributed by atoms with Gasteiger partial charge in [-0.2, -0.15) is 18.2 Å². The summed E-state index contributed by atoms with van der Waals surface area (Å²) in [7, 11) is 0. The smallest absolute Gasteiger partial charge is 0.361 e.